The standard InChI is InChI=1S/C10H18N4/c1-3-8-5-14(6-8)7-9-4-12-13(2)10(9)11/h4,8H,3,5-7,11H2,1-2H3. The van der Waals surface area contributed by atoms with Gasteiger partial charge in [0.05, 0.1) is 6.20 Å². The van der Waals surface area contributed by atoms with Crippen LogP contribution in [0.4, 0.5) is 5.82 Å². The molecule has 1 fully saturated rings. The summed E-state index contributed by atoms with van der Waals surface area (Å²) in [6.07, 6.45) is 3.16. The van der Waals surface area contributed by atoms with Crippen LogP contribution in [0, 0.1) is 5.92 Å². The van der Waals surface area contributed by atoms with E-state index in [4.69, 9.17) is 5.73 Å². The van der Waals surface area contributed by atoms with Crippen molar-refractivity contribution in [2.24, 2.45) is 13.0 Å². The number of aryl methyl sites for hydroxylation is 1. The molecule has 14 heavy (non-hydrogen) atoms. The molecular weight excluding hydrogens is 176 g/mol. The summed E-state index contributed by atoms with van der Waals surface area (Å²) >= 11 is 0. The molecule has 1 aromatic rings. The minimum atomic E-state index is 0.796. The highest BCUT2D eigenvalue weighted by Gasteiger charge is 2.25. The number of likely N-dealkylation sites (tertiary alicyclic amines) is 1. The number of nitrogens with zero attached hydrogens (tertiary/aromatic N) is 3. The molecule has 2 N–H and O–H groups in total. The molecule has 0 atom stereocenters. The van der Waals surface area contributed by atoms with E-state index in [1.165, 1.54) is 19.5 Å². The van der Waals surface area contributed by atoms with E-state index < -0.39 is 0 Å². The minimum absolute atomic E-state index is 0.796. The van der Waals surface area contributed by atoms with Crippen LogP contribution in [0.25, 0.3) is 0 Å². The summed E-state index contributed by atoms with van der Waals surface area (Å²) in [7, 11) is 1.88. The van der Waals surface area contributed by atoms with Crippen molar-refractivity contribution in [3.8, 4) is 0 Å². The van der Waals surface area contributed by atoms with Crippen molar-refractivity contribution in [1.82, 2.24) is 14.7 Å². The average molecular weight is 194 g/mol. The van der Waals surface area contributed by atoms with Gasteiger partial charge in [0, 0.05) is 32.2 Å². The topological polar surface area (TPSA) is 47.1 Å². The summed E-state index contributed by atoms with van der Waals surface area (Å²) in [5.41, 5.74) is 7.03. The van der Waals surface area contributed by atoms with Gasteiger partial charge in [0.25, 0.3) is 0 Å². The lowest BCUT2D eigenvalue weighted by molar-refractivity contribution is 0.0901. The zero-order chi connectivity index (χ0) is 10.1. The molecule has 78 valence electrons. The fourth-order valence-corrected chi connectivity index (χ4v) is 1.92. The van der Waals surface area contributed by atoms with Gasteiger partial charge in [0.2, 0.25) is 0 Å². The molecule has 0 aromatic carbocycles. The Hall–Kier alpha value is -1.03. The molecule has 1 aliphatic rings. The highest BCUT2D eigenvalue weighted by atomic mass is 15.3. The largest absolute Gasteiger partial charge is 0.384 e. The minimum Gasteiger partial charge on any atom is -0.384 e. The molecule has 0 bridgehead atoms. The van der Waals surface area contributed by atoms with Crippen LogP contribution >= 0.6 is 0 Å². The highest BCUT2D eigenvalue weighted by molar-refractivity contribution is 5.38. The van der Waals surface area contributed by atoms with Gasteiger partial charge >= 0.3 is 0 Å². The second kappa shape index (κ2) is 3.61. The number of nitrogen functional groups attached to an aromatic ring is 1. The van der Waals surface area contributed by atoms with Crippen LogP contribution in [-0.2, 0) is 13.6 Å². The lowest BCUT2D eigenvalue weighted by atomic mass is 9.97. The Morgan fingerprint density at radius 3 is 2.79 bits per heavy atom. The molecule has 2 rings (SSSR count). The number of anilines is 1. The third-order valence-electron chi connectivity index (χ3n) is 3.07. The Labute approximate surface area is 84.7 Å². The van der Waals surface area contributed by atoms with E-state index in [1.54, 1.807) is 4.68 Å². The lowest BCUT2D eigenvalue weighted by Crippen LogP contribution is -2.45. The zero-order valence-electron chi connectivity index (χ0n) is 8.90. The van der Waals surface area contributed by atoms with Gasteiger partial charge < -0.3 is 5.73 Å². The van der Waals surface area contributed by atoms with Crippen LogP contribution in [0.3, 0.4) is 0 Å². The van der Waals surface area contributed by atoms with Gasteiger partial charge in [-0.2, -0.15) is 5.10 Å². The zero-order valence-corrected chi connectivity index (χ0v) is 8.90. The van der Waals surface area contributed by atoms with Crippen LogP contribution in [0.2, 0.25) is 0 Å². The van der Waals surface area contributed by atoms with Gasteiger partial charge in [-0.3, -0.25) is 9.58 Å². The highest BCUT2D eigenvalue weighted by Crippen LogP contribution is 2.22. The van der Waals surface area contributed by atoms with E-state index in [9.17, 15) is 0 Å². The molecule has 1 aromatic heterocycles. The third kappa shape index (κ3) is 1.62. The summed E-state index contributed by atoms with van der Waals surface area (Å²) in [4.78, 5) is 2.42. The quantitative estimate of drug-likeness (QED) is 0.775. The van der Waals surface area contributed by atoms with Gasteiger partial charge in [-0.1, -0.05) is 13.3 Å². The van der Waals surface area contributed by atoms with E-state index >= 15 is 0 Å². The molecule has 0 unspecified atom stereocenters. The molecule has 0 radical (unpaired) electrons. The first-order valence-electron chi connectivity index (χ1n) is 5.19. The lowest BCUT2D eigenvalue weighted by Gasteiger charge is -2.38. The molecule has 2 heterocycles. The number of hydrogen-bond acceptors (Lipinski definition) is 3. The number of rotatable bonds is 3. The first-order valence-corrected chi connectivity index (χ1v) is 5.19. The maximum absolute atomic E-state index is 5.87. The Bertz CT molecular complexity index is 312. The van der Waals surface area contributed by atoms with E-state index in [2.05, 4.69) is 16.9 Å². The SMILES string of the molecule is CCC1CN(Cc2cnn(C)c2N)C1. The summed E-state index contributed by atoms with van der Waals surface area (Å²) < 4.78 is 1.73. The van der Waals surface area contributed by atoms with Gasteiger partial charge in [-0.15, -0.1) is 0 Å². The van der Waals surface area contributed by atoms with Gasteiger partial charge in [0.1, 0.15) is 5.82 Å². The van der Waals surface area contributed by atoms with E-state index in [0.29, 0.717) is 0 Å². The third-order valence-corrected chi connectivity index (χ3v) is 3.07. The number of nitrogens with two attached hydrogens (primary N) is 1. The van der Waals surface area contributed by atoms with E-state index in [-0.39, 0.29) is 0 Å². The van der Waals surface area contributed by atoms with Crippen molar-refractivity contribution >= 4 is 5.82 Å². The van der Waals surface area contributed by atoms with Crippen LogP contribution in [0.15, 0.2) is 6.20 Å². The molecule has 1 aliphatic heterocycles. The fraction of sp³-hybridized carbons (Fsp3) is 0.700. The van der Waals surface area contributed by atoms with Crippen LogP contribution < -0.4 is 5.73 Å². The maximum atomic E-state index is 5.87. The summed E-state index contributed by atoms with van der Waals surface area (Å²) in [5, 5.41) is 4.13. The Morgan fingerprint density at radius 2 is 2.29 bits per heavy atom. The molecule has 0 saturated carbocycles. The first-order chi connectivity index (χ1) is 6.70. The summed E-state index contributed by atoms with van der Waals surface area (Å²) in [6.45, 7) is 5.63. The fourth-order valence-electron chi connectivity index (χ4n) is 1.92. The first kappa shape index (κ1) is 9.52. The van der Waals surface area contributed by atoms with E-state index in [0.717, 1.165) is 23.8 Å². The molecular formula is C10H18N4. The van der Waals surface area contributed by atoms with Gasteiger partial charge in [0.15, 0.2) is 0 Å². The smallest absolute Gasteiger partial charge is 0.125 e. The Balaban J connectivity index is 1.90. The molecule has 4 nitrogen and oxygen atoms in total. The monoisotopic (exact) mass is 194 g/mol. The van der Waals surface area contributed by atoms with Crippen molar-refractivity contribution in [2.45, 2.75) is 19.9 Å². The van der Waals surface area contributed by atoms with Crippen LogP contribution in [0.5, 0.6) is 0 Å². The predicted molar refractivity (Wildman–Crippen MR) is 56.7 cm³/mol. The molecule has 0 amide bonds. The Kier molecular flexibility index (Phi) is 2.46. The summed E-state index contributed by atoms with van der Waals surface area (Å²) in [6, 6.07) is 0. The molecule has 0 spiro atoms. The van der Waals surface area contributed by atoms with Crippen molar-refractivity contribution in [1.29, 1.82) is 0 Å². The molecule has 1 saturated heterocycles. The van der Waals surface area contributed by atoms with Gasteiger partial charge in [-0.25, -0.2) is 0 Å². The van der Waals surface area contributed by atoms with Crippen LogP contribution in [-0.4, -0.2) is 27.8 Å². The van der Waals surface area contributed by atoms with Crippen LogP contribution in [0.1, 0.15) is 18.9 Å². The Morgan fingerprint density at radius 1 is 1.57 bits per heavy atom. The van der Waals surface area contributed by atoms with Crippen molar-refractivity contribution < 1.29 is 0 Å². The van der Waals surface area contributed by atoms with E-state index in [1.807, 2.05) is 13.2 Å². The summed E-state index contributed by atoms with van der Waals surface area (Å²) in [5.74, 6) is 1.69. The number of aromatic nitrogens is 2. The second-order valence-corrected chi connectivity index (χ2v) is 4.15. The normalized spacial score (nSPS) is 18.4. The second-order valence-electron chi connectivity index (χ2n) is 4.15. The molecule has 4 heteroatoms. The predicted octanol–water partition coefficient (Wildman–Crippen LogP) is 0.844. The number of hydrogen-bond donors (Lipinski definition) is 1. The molecule has 0 aliphatic carbocycles. The maximum Gasteiger partial charge on any atom is 0.125 e. The van der Waals surface area contributed by atoms with Crippen molar-refractivity contribution in [3.63, 3.8) is 0 Å². The van der Waals surface area contributed by atoms with Crippen molar-refractivity contribution in [3.05, 3.63) is 11.8 Å². The average Bonchev–Trinajstić information content (AvgIpc) is 2.41. The van der Waals surface area contributed by atoms with Gasteiger partial charge in [-0.05, 0) is 5.92 Å². The van der Waals surface area contributed by atoms with Crippen molar-refractivity contribution in [2.75, 3.05) is 18.8 Å².